The zero-order valence-electron chi connectivity index (χ0n) is 13.8. The molecule has 0 bridgehead atoms. The summed E-state index contributed by atoms with van der Waals surface area (Å²) in [6.07, 6.45) is 4.60. The summed E-state index contributed by atoms with van der Waals surface area (Å²) in [5.74, 6) is -1.30. The Balaban J connectivity index is 1.98. The molecule has 1 N–H and O–H groups in total. The SMILES string of the molecule is CC(=O)NC(=Cc1ccccc1)C(=O)OCC(=O)N1CCCCC1. The van der Waals surface area contributed by atoms with E-state index in [0.717, 1.165) is 24.8 Å². The molecule has 0 aliphatic carbocycles. The van der Waals surface area contributed by atoms with Crippen molar-refractivity contribution in [3.8, 4) is 0 Å². The molecule has 1 aliphatic rings. The molecule has 24 heavy (non-hydrogen) atoms. The van der Waals surface area contributed by atoms with Crippen molar-refractivity contribution >= 4 is 23.9 Å². The van der Waals surface area contributed by atoms with Crippen molar-refractivity contribution in [2.24, 2.45) is 0 Å². The molecule has 0 atom stereocenters. The predicted octanol–water partition coefficient (Wildman–Crippen LogP) is 1.72. The van der Waals surface area contributed by atoms with Gasteiger partial charge in [-0.2, -0.15) is 0 Å². The minimum atomic E-state index is -0.723. The second-order valence-electron chi connectivity index (χ2n) is 5.67. The molecule has 2 rings (SSSR count). The maximum Gasteiger partial charge on any atom is 0.355 e. The maximum absolute atomic E-state index is 12.2. The van der Waals surface area contributed by atoms with Crippen molar-refractivity contribution in [2.45, 2.75) is 26.2 Å². The Morgan fingerprint density at radius 2 is 1.79 bits per heavy atom. The van der Waals surface area contributed by atoms with Gasteiger partial charge >= 0.3 is 5.97 Å². The monoisotopic (exact) mass is 330 g/mol. The van der Waals surface area contributed by atoms with Crippen LogP contribution in [-0.2, 0) is 19.1 Å². The minimum absolute atomic E-state index is 0.0140. The van der Waals surface area contributed by atoms with Crippen molar-refractivity contribution in [2.75, 3.05) is 19.7 Å². The van der Waals surface area contributed by atoms with Gasteiger partial charge in [0.2, 0.25) is 5.91 Å². The Hall–Kier alpha value is -2.63. The fraction of sp³-hybridized carbons (Fsp3) is 0.389. The second kappa shape index (κ2) is 8.86. The highest BCUT2D eigenvalue weighted by molar-refractivity contribution is 5.98. The highest BCUT2D eigenvalue weighted by Crippen LogP contribution is 2.10. The molecule has 1 fully saturated rings. The lowest BCUT2D eigenvalue weighted by atomic mass is 10.1. The largest absolute Gasteiger partial charge is 0.451 e. The van der Waals surface area contributed by atoms with Gasteiger partial charge in [-0.1, -0.05) is 30.3 Å². The van der Waals surface area contributed by atoms with E-state index in [9.17, 15) is 14.4 Å². The van der Waals surface area contributed by atoms with Gasteiger partial charge in [0.15, 0.2) is 6.61 Å². The second-order valence-corrected chi connectivity index (χ2v) is 5.67. The molecule has 128 valence electrons. The molecule has 2 amide bonds. The van der Waals surface area contributed by atoms with Crippen LogP contribution in [0.25, 0.3) is 6.08 Å². The Morgan fingerprint density at radius 1 is 1.12 bits per heavy atom. The first-order valence-electron chi connectivity index (χ1n) is 8.05. The van der Waals surface area contributed by atoms with Crippen LogP contribution in [0.15, 0.2) is 36.0 Å². The van der Waals surface area contributed by atoms with E-state index in [2.05, 4.69) is 5.32 Å². The Kier molecular flexibility index (Phi) is 6.54. The fourth-order valence-electron chi connectivity index (χ4n) is 2.49. The number of benzene rings is 1. The number of esters is 1. The normalized spacial score (nSPS) is 14.9. The third-order valence-corrected chi connectivity index (χ3v) is 3.68. The summed E-state index contributed by atoms with van der Waals surface area (Å²) in [7, 11) is 0. The first-order valence-corrected chi connectivity index (χ1v) is 8.05. The number of nitrogens with one attached hydrogen (secondary N) is 1. The summed E-state index contributed by atoms with van der Waals surface area (Å²) in [5, 5.41) is 2.45. The molecule has 6 heteroatoms. The van der Waals surface area contributed by atoms with Crippen LogP contribution in [0.5, 0.6) is 0 Å². The highest BCUT2D eigenvalue weighted by Gasteiger charge is 2.19. The fourth-order valence-corrected chi connectivity index (χ4v) is 2.49. The van der Waals surface area contributed by atoms with Crippen LogP contribution in [0.3, 0.4) is 0 Å². The average Bonchev–Trinajstić information content (AvgIpc) is 2.60. The van der Waals surface area contributed by atoms with Gasteiger partial charge in [-0.3, -0.25) is 9.59 Å². The predicted molar refractivity (Wildman–Crippen MR) is 89.6 cm³/mol. The Labute approximate surface area is 141 Å². The molecule has 0 radical (unpaired) electrons. The summed E-state index contributed by atoms with van der Waals surface area (Å²) < 4.78 is 5.08. The van der Waals surface area contributed by atoms with Gasteiger partial charge in [0.25, 0.3) is 5.91 Å². The van der Waals surface area contributed by atoms with E-state index in [-0.39, 0.29) is 24.1 Å². The van der Waals surface area contributed by atoms with Crippen molar-refractivity contribution < 1.29 is 19.1 Å². The van der Waals surface area contributed by atoms with Gasteiger partial charge in [0, 0.05) is 20.0 Å². The van der Waals surface area contributed by atoms with E-state index in [0.29, 0.717) is 13.1 Å². The van der Waals surface area contributed by atoms with Gasteiger partial charge in [-0.15, -0.1) is 0 Å². The minimum Gasteiger partial charge on any atom is -0.451 e. The lowest BCUT2D eigenvalue weighted by Crippen LogP contribution is -2.39. The maximum atomic E-state index is 12.2. The number of hydrogen-bond acceptors (Lipinski definition) is 4. The van der Waals surface area contributed by atoms with Crippen LogP contribution in [-0.4, -0.2) is 42.4 Å². The lowest BCUT2D eigenvalue weighted by Gasteiger charge is -2.26. The van der Waals surface area contributed by atoms with Crippen molar-refractivity contribution in [3.05, 3.63) is 41.6 Å². The van der Waals surface area contributed by atoms with Gasteiger partial charge in [0.05, 0.1) is 0 Å². The summed E-state index contributed by atoms with van der Waals surface area (Å²) >= 11 is 0. The van der Waals surface area contributed by atoms with E-state index in [1.807, 2.05) is 18.2 Å². The number of ether oxygens (including phenoxy) is 1. The van der Waals surface area contributed by atoms with Gasteiger partial charge < -0.3 is 15.0 Å². The third-order valence-electron chi connectivity index (χ3n) is 3.68. The standard InChI is InChI=1S/C18H22N2O4/c1-14(21)19-16(12-15-8-4-2-5-9-15)18(23)24-13-17(22)20-10-6-3-7-11-20/h2,4-5,8-9,12H,3,6-7,10-11,13H2,1H3,(H,19,21). The summed E-state index contributed by atoms with van der Waals surface area (Å²) in [6, 6.07) is 9.10. The smallest absolute Gasteiger partial charge is 0.355 e. The molecule has 0 unspecified atom stereocenters. The number of piperidine rings is 1. The average molecular weight is 330 g/mol. The van der Waals surface area contributed by atoms with E-state index >= 15 is 0 Å². The molecule has 1 aromatic carbocycles. The number of carbonyl (C=O) groups excluding carboxylic acids is 3. The van der Waals surface area contributed by atoms with Crippen LogP contribution in [0.2, 0.25) is 0 Å². The Bertz CT molecular complexity index is 619. The van der Waals surface area contributed by atoms with E-state index in [1.165, 1.54) is 13.0 Å². The molecule has 1 heterocycles. The van der Waals surface area contributed by atoms with Crippen molar-refractivity contribution in [1.82, 2.24) is 10.2 Å². The number of hydrogen-bond donors (Lipinski definition) is 1. The van der Waals surface area contributed by atoms with Gasteiger partial charge in [-0.05, 0) is 30.9 Å². The van der Waals surface area contributed by atoms with Crippen LogP contribution in [0, 0.1) is 0 Å². The number of amides is 2. The molecule has 1 aromatic rings. The topological polar surface area (TPSA) is 75.7 Å². The van der Waals surface area contributed by atoms with Crippen LogP contribution in [0.4, 0.5) is 0 Å². The summed E-state index contributed by atoms with van der Waals surface area (Å²) in [5.41, 5.74) is 0.765. The molecule has 1 saturated heterocycles. The van der Waals surface area contributed by atoms with Crippen molar-refractivity contribution in [3.63, 3.8) is 0 Å². The molecule has 0 aromatic heterocycles. The summed E-state index contributed by atoms with van der Waals surface area (Å²) in [6.45, 7) is 2.40. The highest BCUT2D eigenvalue weighted by atomic mass is 16.5. The first-order chi connectivity index (χ1) is 11.6. The van der Waals surface area contributed by atoms with E-state index < -0.39 is 5.97 Å². The molecule has 1 aliphatic heterocycles. The lowest BCUT2D eigenvalue weighted by molar-refractivity contribution is -0.149. The quantitative estimate of drug-likeness (QED) is 0.659. The van der Waals surface area contributed by atoms with E-state index in [1.54, 1.807) is 17.0 Å². The van der Waals surface area contributed by atoms with Crippen LogP contribution < -0.4 is 5.32 Å². The van der Waals surface area contributed by atoms with Crippen LogP contribution >= 0.6 is 0 Å². The zero-order chi connectivity index (χ0) is 17.4. The number of nitrogens with zero attached hydrogens (tertiary/aromatic N) is 1. The molecular formula is C18H22N2O4. The van der Waals surface area contributed by atoms with Gasteiger partial charge in [-0.25, -0.2) is 4.79 Å². The number of carbonyl (C=O) groups is 3. The Morgan fingerprint density at radius 3 is 2.42 bits per heavy atom. The van der Waals surface area contributed by atoms with Gasteiger partial charge in [0.1, 0.15) is 5.70 Å². The molecule has 0 spiro atoms. The zero-order valence-corrected chi connectivity index (χ0v) is 13.8. The van der Waals surface area contributed by atoms with Crippen molar-refractivity contribution in [1.29, 1.82) is 0 Å². The first kappa shape index (κ1) is 17.7. The molecule has 6 nitrogen and oxygen atoms in total. The van der Waals surface area contributed by atoms with E-state index in [4.69, 9.17) is 4.74 Å². The number of likely N-dealkylation sites (tertiary alicyclic amines) is 1. The summed E-state index contributed by atoms with van der Waals surface area (Å²) in [4.78, 5) is 37.2. The molecule has 0 saturated carbocycles. The molecular weight excluding hydrogens is 308 g/mol. The third kappa shape index (κ3) is 5.53. The number of rotatable bonds is 5. The van der Waals surface area contributed by atoms with Crippen LogP contribution in [0.1, 0.15) is 31.7 Å².